The van der Waals surface area contributed by atoms with Crippen molar-refractivity contribution >= 4 is 0 Å². The summed E-state index contributed by atoms with van der Waals surface area (Å²) in [4.78, 5) is 0. The second-order valence-electron chi connectivity index (χ2n) is 11.8. The monoisotopic (exact) mass is 588 g/mol. The molecule has 0 spiro atoms. The van der Waals surface area contributed by atoms with Crippen LogP contribution in [0.25, 0.3) is 0 Å². The zero-order valence-electron chi connectivity index (χ0n) is 28.4. The molecule has 0 radical (unpaired) electrons. The fraction of sp³-hybridized carbons (Fsp3) is 0.795. The Morgan fingerprint density at radius 1 is 0.357 bits per heavy atom. The van der Waals surface area contributed by atoms with E-state index in [1.165, 1.54) is 128 Å². The molecule has 0 aromatic rings. The molecule has 0 heterocycles. The Morgan fingerprint density at radius 3 is 1.26 bits per heavy atom. The van der Waals surface area contributed by atoms with Gasteiger partial charge in [-0.05, 0) is 83.5 Å². The summed E-state index contributed by atoms with van der Waals surface area (Å²) in [5.74, 6) is 0. The normalized spacial score (nSPS) is 12.3. The number of allylic oxidation sites excluding steroid dienone is 8. The lowest BCUT2D eigenvalue weighted by Gasteiger charge is -2.07. The van der Waals surface area contributed by atoms with Gasteiger partial charge in [0.05, 0.1) is 13.2 Å². The van der Waals surface area contributed by atoms with Crippen molar-refractivity contribution in [2.45, 2.75) is 162 Å². The molecule has 0 fully saturated rings. The summed E-state index contributed by atoms with van der Waals surface area (Å²) in [6, 6.07) is 0. The highest BCUT2D eigenvalue weighted by Gasteiger charge is 1.94. The maximum atomic E-state index is 5.77. The Bertz CT molecular complexity index is 595. The lowest BCUT2D eigenvalue weighted by atomic mass is 10.1. The molecule has 42 heavy (non-hydrogen) atoms. The molecule has 0 saturated carbocycles. The van der Waals surface area contributed by atoms with Gasteiger partial charge in [-0.1, -0.05) is 127 Å². The predicted octanol–water partition coefficient (Wildman–Crippen LogP) is 11.8. The van der Waals surface area contributed by atoms with E-state index in [9.17, 15) is 0 Å². The van der Waals surface area contributed by atoms with Crippen LogP contribution in [-0.2, 0) is 9.47 Å². The molecule has 246 valence electrons. The minimum absolute atomic E-state index is 0.791. The molecule has 0 aliphatic rings. The molecule has 0 aliphatic carbocycles. The quantitative estimate of drug-likeness (QED) is 0.0591. The molecular formula is C39H73NO2. The van der Waals surface area contributed by atoms with Crippen LogP contribution in [0.4, 0.5) is 0 Å². The van der Waals surface area contributed by atoms with Crippen LogP contribution in [0.2, 0.25) is 0 Å². The van der Waals surface area contributed by atoms with Crippen molar-refractivity contribution in [3.05, 3.63) is 48.6 Å². The van der Waals surface area contributed by atoms with Crippen LogP contribution < -0.4 is 5.32 Å². The first-order chi connectivity index (χ1) is 20.9. The van der Waals surface area contributed by atoms with E-state index in [1.54, 1.807) is 0 Å². The van der Waals surface area contributed by atoms with Crippen molar-refractivity contribution in [1.82, 2.24) is 5.32 Å². The number of unbranched alkanes of at least 4 members (excludes halogenated alkanes) is 17. The second-order valence-corrected chi connectivity index (χ2v) is 11.8. The Kier molecular flexibility index (Phi) is 38.7. The minimum Gasteiger partial charge on any atom is -0.380 e. The summed E-state index contributed by atoms with van der Waals surface area (Å²) < 4.78 is 11.5. The van der Waals surface area contributed by atoms with E-state index < -0.39 is 0 Å². The van der Waals surface area contributed by atoms with E-state index in [2.05, 4.69) is 67.8 Å². The maximum Gasteiger partial charge on any atom is 0.0590 e. The van der Waals surface area contributed by atoms with Crippen LogP contribution >= 0.6 is 0 Å². The van der Waals surface area contributed by atoms with Crippen LogP contribution in [0.5, 0.6) is 0 Å². The van der Waals surface area contributed by atoms with Gasteiger partial charge in [-0.3, -0.25) is 0 Å². The van der Waals surface area contributed by atoms with Gasteiger partial charge in [-0.15, -0.1) is 0 Å². The molecule has 0 unspecified atom stereocenters. The molecule has 3 heteroatoms. The van der Waals surface area contributed by atoms with E-state index in [4.69, 9.17) is 9.47 Å². The van der Waals surface area contributed by atoms with Gasteiger partial charge in [-0.2, -0.15) is 0 Å². The summed E-state index contributed by atoms with van der Waals surface area (Å²) in [7, 11) is 0. The molecule has 0 amide bonds. The maximum absolute atomic E-state index is 5.77. The number of ether oxygens (including phenoxy) is 2. The van der Waals surface area contributed by atoms with Crippen molar-refractivity contribution in [2.24, 2.45) is 0 Å². The van der Waals surface area contributed by atoms with E-state index in [-0.39, 0.29) is 0 Å². The summed E-state index contributed by atoms with van der Waals surface area (Å²) in [5, 5.41) is 3.42. The van der Waals surface area contributed by atoms with Gasteiger partial charge in [-0.25, -0.2) is 0 Å². The molecule has 1 N–H and O–H groups in total. The lowest BCUT2D eigenvalue weighted by Crippen LogP contribution is -2.24. The fourth-order valence-corrected chi connectivity index (χ4v) is 4.80. The Labute approximate surface area is 264 Å². The molecule has 0 saturated heterocycles. The van der Waals surface area contributed by atoms with Gasteiger partial charge in [0.25, 0.3) is 0 Å². The van der Waals surface area contributed by atoms with Crippen molar-refractivity contribution < 1.29 is 9.47 Å². The average molecular weight is 588 g/mol. The van der Waals surface area contributed by atoms with Crippen molar-refractivity contribution in [2.75, 3.05) is 39.5 Å². The minimum atomic E-state index is 0.791. The van der Waals surface area contributed by atoms with Gasteiger partial charge in [0.1, 0.15) is 0 Å². The summed E-state index contributed by atoms with van der Waals surface area (Å²) in [6.07, 6.45) is 48.3. The van der Waals surface area contributed by atoms with E-state index in [1.807, 2.05) is 0 Å². The second kappa shape index (κ2) is 39.8. The Morgan fingerprint density at radius 2 is 0.738 bits per heavy atom. The Hall–Kier alpha value is -1.16. The topological polar surface area (TPSA) is 30.5 Å². The van der Waals surface area contributed by atoms with E-state index in [0.29, 0.717) is 0 Å². The van der Waals surface area contributed by atoms with E-state index >= 15 is 0 Å². The van der Waals surface area contributed by atoms with Gasteiger partial charge in [0, 0.05) is 26.3 Å². The Balaban J connectivity index is 3.16. The predicted molar refractivity (Wildman–Crippen MR) is 189 cm³/mol. The third-order valence-corrected chi connectivity index (χ3v) is 7.54. The average Bonchev–Trinajstić information content (AvgIpc) is 3.00. The third kappa shape index (κ3) is 38.8. The molecule has 0 rings (SSSR count). The van der Waals surface area contributed by atoms with Crippen LogP contribution in [0.1, 0.15) is 162 Å². The zero-order chi connectivity index (χ0) is 30.3. The highest BCUT2D eigenvalue weighted by molar-refractivity contribution is 4.93. The van der Waals surface area contributed by atoms with Crippen molar-refractivity contribution in [1.29, 1.82) is 0 Å². The first kappa shape index (κ1) is 40.8. The molecule has 0 atom stereocenters. The smallest absolute Gasteiger partial charge is 0.0590 e. The highest BCUT2D eigenvalue weighted by atomic mass is 16.5. The molecule has 0 bridgehead atoms. The summed E-state index contributed by atoms with van der Waals surface area (Å²) in [6.45, 7) is 9.73. The lowest BCUT2D eigenvalue weighted by molar-refractivity contribution is 0.118. The number of rotatable bonds is 35. The van der Waals surface area contributed by atoms with Gasteiger partial charge in [0.2, 0.25) is 0 Å². The molecule has 0 aliphatic heterocycles. The van der Waals surface area contributed by atoms with Crippen LogP contribution in [0.15, 0.2) is 48.6 Å². The van der Waals surface area contributed by atoms with Crippen LogP contribution in [0, 0.1) is 0 Å². The number of hydrogen-bond donors (Lipinski definition) is 1. The van der Waals surface area contributed by atoms with Crippen molar-refractivity contribution in [3.8, 4) is 0 Å². The third-order valence-electron chi connectivity index (χ3n) is 7.54. The molecule has 0 aromatic carbocycles. The van der Waals surface area contributed by atoms with Gasteiger partial charge < -0.3 is 14.8 Å². The zero-order valence-corrected chi connectivity index (χ0v) is 28.4. The number of nitrogens with one attached hydrogen (secondary N) is 1. The van der Waals surface area contributed by atoms with Crippen LogP contribution in [0.3, 0.4) is 0 Å². The molecule has 3 nitrogen and oxygen atoms in total. The van der Waals surface area contributed by atoms with E-state index in [0.717, 1.165) is 58.8 Å². The standard InChI is InChI=1S/C39H73NO2/c1-3-5-7-9-11-13-15-17-19-21-23-25-27-29-31-33-37-42-39-35-40-34-38-41-36-32-30-28-26-24-22-20-18-16-14-12-10-8-6-4-2/h11-14,17,19,27,29,40H,3-10,15-16,18,20-26,28,30-39H2,1-2H3/b13-11-,14-12-,19-17-,29-27+. The van der Waals surface area contributed by atoms with Crippen molar-refractivity contribution in [3.63, 3.8) is 0 Å². The largest absolute Gasteiger partial charge is 0.380 e. The molecule has 0 aromatic heterocycles. The van der Waals surface area contributed by atoms with Crippen LogP contribution in [-0.4, -0.2) is 39.5 Å². The first-order valence-electron chi connectivity index (χ1n) is 18.4. The van der Waals surface area contributed by atoms with Gasteiger partial charge >= 0.3 is 0 Å². The highest BCUT2D eigenvalue weighted by Crippen LogP contribution is 2.10. The van der Waals surface area contributed by atoms with Gasteiger partial charge in [0.15, 0.2) is 0 Å². The SMILES string of the molecule is CCCCC/C=C\C/C=C\CCC/C=C/CCCOCCNCCOCCCCCCCCCC/C=C\CCCCC. The summed E-state index contributed by atoms with van der Waals surface area (Å²) >= 11 is 0. The molecular weight excluding hydrogens is 514 g/mol. The first-order valence-corrected chi connectivity index (χ1v) is 18.4. The summed E-state index contributed by atoms with van der Waals surface area (Å²) in [5.41, 5.74) is 0. The fourth-order valence-electron chi connectivity index (χ4n) is 4.80. The number of hydrogen-bond acceptors (Lipinski definition) is 3.